The molecule has 8 heteroatoms. The molecule has 0 radical (unpaired) electrons. The van der Waals surface area contributed by atoms with Gasteiger partial charge in [0, 0.05) is 12.1 Å². The van der Waals surface area contributed by atoms with Crippen LogP contribution in [0.5, 0.6) is 11.5 Å². The fourth-order valence-corrected chi connectivity index (χ4v) is 2.84. The Morgan fingerprint density at radius 1 is 1.24 bits per heavy atom. The van der Waals surface area contributed by atoms with Gasteiger partial charge in [0.25, 0.3) is 5.69 Å². The molecule has 2 rings (SSSR count). The second-order valence-corrected chi connectivity index (χ2v) is 5.56. The topological polar surface area (TPSA) is 76.2 Å². The molecule has 0 N–H and O–H groups in total. The third-order valence-corrected chi connectivity index (χ3v) is 3.64. The summed E-state index contributed by atoms with van der Waals surface area (Å²) >= 11 is 6.28. The van der Waals surface area contributed by atoms with Gasteiger partial charge in [0.15, 0.2) is 17.3 Å². The number of nitro groups is 1. The van der Waals surface area contributed by atoms with Crippen molar-refractivity contribution in [2.45, 2.75) is 0 Å². The second-order valence-electron chi connectivity index (χ2n) is 3.85. The van der Waals surface area contributed by atoms with Gasteiger partial charge in [-0.2, -0.15) is 5.26 Å². The lowest BCUT2D eigenvalue weighted by atomic mass is 10.2. The molecule has 0 saturated heterocycles. The van der Waals surface area contributed by atoms with Crippen molar-refractivity contribution in [1.82, 2.24) is 0 Å². The third-order valence-electron chi connectivity index (χ3n) is 2.47. The van der Waals surface area contributed by atoms with Crippen molar-refractivity contribution in [3.8, 4) is 17.6 Å². The van der Waals surface area contributed by atoms with Gasteiger partial charge < -0.3 is 4.74 Å². The third kappa shape index (κ3) is 3.37. The molecule has 0 aliphatic heterocycles. The van der Waals surface area contributed by atoms with Crippen molar-refractivity contribution in [2.75, 3.05) is 0 Å². The lowest BCUT2D eigenvalue weighted by molar-refractivity contribution is -0.385. The number of ether oxygens (including phenoxy) is 1. The zero-order valence-electron chi connectivity index (χ0n) is 10.1. The van der Waals surface area contributed by atoms with Crippen molar-refractivity contribution >= 4 is 37.5 Å². The van der Waals surface area contributed by atoms with Crippen LogP contribution in [0.15, 0.2) is 39.3 Å². The van der Waals surface area contributed by atoms with Crippen molar-refractivity contribution < 1.29 is 14.1 Å². The molecule has 0 spiro atoms. The Morgan fingerprint density at radius 3 is 2.33 bits per heavy atom. The number of nitrogens with zero attached hydrogens (tertiary/aromatic N) is 2. The summed E-state index contributed by atoms with van der Waals surface area (Å²) in [6.45, 7) is 0. The number of nitro benzene ring substituents is 1. The highest BCUT2D eigenvalue weighted by molar-refractivity contribution is 9.11. The van der Waals surface area contributed by atoms with Gasteiger partial charge in [-0.05, 0) is 50.1 Å². The molecule has 0 fully saturated rings. The van der Waals surface area contributed by atoms with Gasteiger partial charge in [-0.3, -0.25) is 10.1 Å². The van der Waals surface area contributed by atoms with Crippen molar-refractivity contribution in [3.05, 3.63) is 60.8 Å². The molecule has 0 aromatic heterocycles. The van der Waals surface area contributed by atoms with E-state index in [9.17, 15) is 14.5 Å². The first-order valence-corrected chi connectivity index (χ1v) is 7.02. The zero-order valence-corrected chi connectivity index (χ0v) is 13.3. The molecular weight excluding hydrogens is 411 g/mol. The summed E-state index contributed by atoms with van der Waals surface area (Å²) < 4.78 is 19.8. The van der Waals surface area contributed by atoms with E-state index >= 15 is 0 Å². The summed E-state index contributed by atoms with van der Waals surface area (Å²) in [4.78, 5) is 10.2. The Balaban J connectivity index is 2.41. The van der Waals surface area contributed by atoms with E-state index in [4.69, 9.17) is 10.00 Å². The summed E-state index contributed by atoms with van der Waals surface area (Å²) in [6, 6.07) is 8.08. The number of benzene rings is 2. The molecule has 106 valence electrons. The summed E-state index contributed by atoms with van der Waals surface area (Å²) in [5.74, 6) is -0.598. The van der Waals surface area contributed by atoms with Gasteiger partial charge in [-0.15, -0.1) is 0 Å². The molecule has 5 nitrogen and oxygen atoms in total. The number of rotatable bonds is 3. The SMILES string of the molecule is N#Cc1ccc(Oc2c(Br)cc([N+](=O)[O-])cc2Br)c(F)c1. The molecule has 0 bridgehead atoms. The van der Waals surface area contributed by atoms with Gasteiger partial charge in [0.1, 0.15) is 0 Å². The van der Waals surface area contributed by atoms with Crippen molar-refractivity contribution in [3.63, 3.8) is 0 Å². The van der Waals surface area contributed by atoms with E-state index in [1.165, 1.54) is 24.3 Å². The Hall–Kier alpha value is -1.98. The van der Waals surface area contributed by atoms with Crippen molar-refractivity contribution in [2.24, 2.45) is 0 Å². The number of non-ortho nitro benzene ring substituents is 1. The van der Waals surface area contributed by atoms with E-state index in [2.05, 4.69) is 31.9 Å². The second kappa shape index (κ2) is 6.20. The van der Waals surface area contributed by atoms with Crippen LogP contribution in [0.4, 0.5) is 10.1 Å². The van der Waals surface area contributed by atoms with Crippen LogP contribution < -0.4 is 4.74 Å². The summed E-state index contributed by atoms with van der Waals surface area (Å²) in [5, 5.41) is 19.4. The molecule has 0 heterocycles. The van der Waals surface area contributed by atoms with E-state index in [1.807, 2.05) is 6.07 Å². The number of hydrogen-bond acceptors (Lipinski definition) is 4. The molecule has 2 aromatic carbocycles. The Morgan fingerprint density at radius 2 is 1.86 bits per heavy atom. The largest absolute Gasteiger partial charge is 0.452 e. The standard InChI is InChI=1S/C13H5Br2FN2O3/c14-9-4-8(18(19)20)5-10(15)13(9)21-12-2-1-7(6-17)3-11(12)16/h1-5H. The van der Waals surface area contributed by atoms with Crippen LogP contribution in [0, 0.1) is 27.3 Å². The van der Waals surface area contributed by atoms with Gasteiger partial charge in [0.2, 0.25) is 0 Å². The highest BCUT2D eigenvalue weighted by Gasteiger charge is 2.17. The predicted molar refractivity (Wildman–Crippen MR) is 79.7 cm³/mol. The minimum absolute atomic E-state index is 0.0933. The molecular formula is C13H5Br2FN2O3. The normalized spacial score (nSPS) is 10.0. The smallest absolute Gasteiger partial charge is 0.271 e. The molecule has 0 unspecified atom stereocenters. The van der Waals surface area contributed by atoms with Crippen LogP contribution >= 0.6 is 31.9 Å². The van der Waals surface area contributed by atoms with Crippen LogP contribution in [0.1, 0.15) is 5.56 Å². The Kier molecular flexibility index (Phi) is 4.55. The van der Waals surface area contributed by atoms with Crippen LogP contribution in [-0.2, 0) is 0 Å². The van der Waals surface area contributed by atoms with Gasteiger partial charge in [-0.25, -0.2) is 4.39 Å². The first kappa shape index (κ1) is 15.4. The zero-order chi connectivity index (χ0) is 15.6. The first-order valence-electron chi connectivity index (χ1n) is 5.43. The summed E-state index contributed by atoms with van der Waals surface area (Å²) in [6.07, 6.45) is 0. The minimum Gasteiger partial charge on any atom is -0.452 e. The van der Waals surface area contributed by atoms with E-state index < -0.39 is 10.7 Å². The van der Waals surface area contributed by atoms with Crippen LogP contribution in [0.2, 0.25) is 0 Å². The quantitative estimate of drug-likeness (QED) is 0.526. The maximum Gasteiger partial charge on any atom is 0.271 e. The number of nitriles is 1. The monoisotopic (exact) mass is 414 g/mol. The van der Waals surface area contributed by atoms with Crippen LogP contribution in [-0.4, -0.2) is 4.92 Å². The van der Waals surface area contributed by atoms with E-state index in [0.29, 0.717) is 8.95 Å². The minimum atomic E-state index is -0.703. The van der Waals surface area contributed by atoms with E-state index in [1.54, 1.807) is 0 Å². The Bertz CT molecular complexity index is 751. The fraction of sp³-hybridized carbons (Fsp3) is 0. The highest BCUT2D eigenvalue weighted by Crippen LogP contribution is 2.40. The maximum absolute atomic E-state index is 13.8. The average molecular weight is 416 g/mol. The molecule has 0 aliphatic rings. The number of halogens is 3. The predicted octanol–water partition coefficient (Wildman–Crippen LogP) is 4.92. The number of hydrogen-bond donors (Lipinski definition) is 0. The fourth-order valence-electron chi connectivity index (χ4n) is 1.51. The van der Waals surface area contributed by atoms with Gasteiger partial charge >= 0.3 is 0 Å². The maximum atomic E-state index is 13.8. The summed E-state index contributed by atoms with van der Waals surface area (Å²) in [7, 11) is 0. The molecule has 0 aliphatic carbocycles. The molecule has 21 heavy (non-hydrogen) atoms. The molecule has 0 atom stereocenters. The van der Waals surface area contributed by atoms with Gasteiger partial charge in [-0.1, -0.05) is 0 Å². The molecule has 0 amide bonds. The lowest BCUT2D eigenvalue weighted by Gasteiger charge is -2.10. The first-order chi connectivity index (χ1) is 9.92. The average Bonchev–Trinajstić information content (AvgIpc) is 2.43. The van der Waals surface area contributed by atoms with Crippen LogP contribution in [0.3, 0.4) is 0 Å². The van der Waals surface area contributed by atoms with Gasteiger partial charge in [0.05, 0.1) is 25.5 Å². The lowest BCUT2D eigenvalue weighted by Crippen LogP contribution is -1.94. The van der Waals surface area contributed by atoms with E-state index in [0.717, 1.165) is 6.07 Å². The van der Waals surface area contributed by atoms with E-state index in [-0.39, 0.29) is 22.7 Å². The Labute approximate surface area is 135 Å². The van der Waals surface area contributed by atoms with Crippen molar-refractivity contribution in [1.29, 1.82) is 5.26 Å². The molecule has 2 aromatic rings. The summed E-state index contributed by atoms with van der Waals surface area (Å²) in [5.41, 5.74) is 0.0306. The highest BCUT2D eigenvalue weighted by atomic mass is 79.9. The molecule has 0 saturated carbocycles. The van der Waals surface area contributed by atoms with Crippen LogP contribution in [0.25, 0.3) is 0 Å².